The van der Waals surface area contributed by atoms with Gasteiger partial charge in [0.2, 0.25) is 0 Å². The van der Waals surface area contributed by atoms with Gasteiger partial charge in [0.05, 0.1) is 6.10 Å². The highest BCUT2D eigenvalue weighted by atomic mass is 16.5. The predicted octanol–water partition coefficient (Wildman–Crippen LogP) is 2.29. The molecule has 0 aromatic carbocycles. The number of esters is 1. The van der Waals surface area contributed by atoms with Crippen molar-refractivity contribution >= 4 is 5.97 Å². The summed E-state index contributed by atoms with van der Waals surface area (Å²) in [4.78, 5) is 10.4. The second kappa shape index (κ2) is 5.96. The number of unbranched alkanes of at least 4 members (excludes halogenated alkanes) is 1. The Hall–Kier alpha value is -0.790. The smallest absolute Gasteiger partial charge is 0.302 e. The lowest BCUT2D eigenvalue weighted by Gasteiger charge is -2.09. The lowest BCUT2D eigenvalue weighted by atomic mass is 10.2. The quantitative estimate of drug-likeness (QED) is 0.347. The highest BCUT2D eigenvalue weighted by Crippen LogP contribution is 2.04. The van der Waals surface area contributed by atoms with Gasteiger partial charge < -0.3 is 4.74 Å². The van der Waals surface area contributed by atoms with Gasteiger partial charge in [0.15, 0.2) is 0 Å². The summed E-state index contributed by atoms with van der Waals surface area (Å²) < 4.78 is 4.92. The van der Waals surface area contributed by atoms with Crippen molar-refractivity contribution in [3.8, 4) is 0 Å². The van der Waals surface area contributed by atoms with Crippen LogP contribution in [0.4, 0.5) is 0 Å². The van der Waals surface area contributed by atoms with Crippen LogP contribution in [-0.2, 0) is 9.53 Å². The molecule has 0 fully saturated rings. The Bertz CT molecular complexity index is 130. The Morgan fingerprint density at radius 3 is 2.82 bits per heavy atom. The van der Waals surface area contributed by atoms with E-state index in [1.165, 1.54) is 6.92 Å². The van der Waals surface area contributed by atoms with Gasteiger partial charge >= 0.3 is 5.97 Å². The monoisotopic (exact) mass is 156 g/mol. The van der Waals surface area contributed by atoms with Crippen LogP contribution in [0.15, 0.2) is 12.7 Å². The molecule has 0 amide bonds. The molecule has 0 radical (unpaired) electrons. The van der Waals surface area contributed by atoms with Crippen LogP contribution in [0.3, 0.4) is 0 Å². The van der Waals surface area contributed by atoms with E-state index in [2.05, 4.69) is 6.58 Å². The van der Waals surface area contributed by atoms with Crippen molar-refractivity contribution in [2.45, 2.75) is 39.2 Å². The maximum Gasteiger partial charge on any atom is 0.302 e. The van der Waals surface area contributed by atoms with Crippen molar-refractivity contribution in [3.63, 3.8) is 0 Å². The topological polar surface area (TPSA) is 26.3 Å². The van der Waals surface area contributed by atoms with Crippen molar-refractivity contribution in [3.05, 3.63) is 12.7 Å². The van der Waals surface area contributed by atoms with Crippen LogP contribution < -0.4 is 0 Å². The number of ether oxygens (including phenoxy) is 1. The summed E-state index contributed by atoms with van der Waals surface area (Å²) >= 11 is 0. The highest BCUT2D eigenvalue weighted by Gasteiger charge is 2.02. The number of carbonyl (C=O) groups excluding carboxylic acids is 1. The van der Waals surface area contributed by atoms with Gasteiger partial charge in [-0.05, 0) is 26.2 Å². The zero-order valence-corrected chi connectivity index (χ0v) is 7.30. The Labute approximate surface area is 68.2 Å². The zero-order chi connectivity index (χ0) is 8.69. The highest BCUT2D eigenvalue weighted by molar-refractivity contribution is 5.66. The normalized spacial score (nSPS) is 12.2. The van der Waals surface area contributed by atoms with Gasteiger partial charge in [-0.3, -0.25) is 4.79 Å². The average Bonchev–Trinajstić information content (AvgIpc) is 1.86. The van der Waals surface area contributed by atoms with Gasteiger partial charge in [-0.25, -0.2) is 0 Å². The van der Waals surface area contributed by atoms with Gasteiger partial charge in [0.1, 0.15) is 0 Å². The Balaban J connectivity index is 3.28. The molecule has 0 aliphatic carbocycles. The summed E-state index contributed by atoms with van der Waals surface area (Å²) in [5, 5.41) is 0. The standard InChI is InChI=1S/C9H16O2/c1-4-5-6-7-8(2)11-9(3)10/h4,8H,1,5-7H2,2-3H3. The minimum Gasteiger partial charge on any atom is -0.463 e. The Morgan fingerprint density at radius 2 is 2.36 bits per heavy atom. The van der Waals surface area contributed by atoms with Crippen molar-refractivity contribution in [2.24, 2.45) is 0 Å². The molecule has 1 atom stereocenters. The molecule has 0 saturated heterocycles. The minimum atomic E-state index is -0.198. The number of hydrogen-bond donors (Lipinski definition) is 0. The van der Waals surface area contributed by atoms with E-state index in [9.17, 15) is 4.79 Å². The molecule has 0 heterocycles. The fourth-order valence-electron chi connectivity index (χ4n) is 0.892. The molecule has 0 spiro atoms. The minimum absolute atomic E-state index is 0.0486. The molecular weight excluding hydrogens is 140 g/mol. The van der Waals surface area contributed by atoms with Crippen molar-refractivity contribution in [2.75, 3.05) is 0 Å². The summed E-state index contributed by atoms with van der Waals surface area (Å²) in [5.41, 5.74) is 0. The van der Waals surface area contributed by atoms with Crippen LogP contribution in [0.25, 0.3) is 0 Å². The molecule has 2 nitrogen and oxygen atoms in total. The average molecular weight is 156 g/mol. The van der Waals surface area contributed by atoms with Gasteiger partial charge in [-0.2, -0.15) is 0 Å². The van der Waals surface area contributed by atoms with Crippen LogP contribution in [0.5, 0.6) is 0 Å². The van der Waals surface area contributed by atoms with E-state index < -0.39 is 0 Å². The molecule has 0 bridgehead atoms. The molecule has 0 N–H and O–H groups in total. The van der Waals surface area contributed by atoms with Crippen LogP contribution in [0.2, 0.25) is 0 Å². The number of rotatable bonds is 5. The molecule has 0 aliphatic heterocycles. The first-order valence-corrected chi connectivity index (χ1v) is 3.95. The second-order valence-corrected chi connectivity index (χ2v) is 2.64. The SMILES string of the molecule is C=CCCCC(C)OC(C)=O. The van der Waals surface area contributed by atoms with Crippen LogP contribution in [0.1, 0.15) is 33.1 Å². The van der Waals surface area contributed by atoms with Crippen molar-refractivity contribution in [1.82, 2.24) is 0 Å². The van der Waals surface area contributed by atoms with E-state index in [0.29, 0.717) is 0 Å². The molecule has 0 saturated carbocycles. The number of hydrogen-bond acceptors (Lipinski definition) is 2. The fraction of sp³-hybridized carbons (Fsp3) is 0.667. The van der Waals surface area contributed by atoms with E-state index in [1.54, 1.807) is 0 Å². The lowest BCUT2D eigenvalue weighted by Crippen LogP contribution is -2.11. The van der Waals surface area contributed by atoms with E-state index in [-0.39, 0.29) is 12.1 Å². The van der Waals surface area contributed by atoms with Crippen molar-refractivity contribution in [1.29, 1.82) is 0 Å². The Morgan fingerprint density at radius 1 is 1.73 bits per heavy atom. The van der Waals surface area contributed by atoms with Crippen LogP contribution in [-0.4, -0.2) is 12.1 Å². The number of carbonyl (C=O) groups is 1. The van der Waals surface area contributed by atoms with E-state index in [1.807, 2.05) is 13.0 Å². The molecule has 0 aromatic rings. The van der Waals surface area contributed by atoms with E-state index >= 15 is 0 Å². The molecule has 64 valence electrons. The third kappa shape index (κ3) is 7.10. The summed E-state index contributed by atoms with van der Waals surface area (Å²) in [6, 6.07) is 0. The van der Waals surface area contributed by atoms with E-state index in [0.717, 1.165) is 19.3 Å². The Kier molecular flexibility index (Phi) is 5.53. The summed E-state index contributed by atoms with van der Waals surface area (Å²) in [7, 11) is 0. The summed E-state index contributed by atoms with van der Waals surface area (Å²) in [6.45, 7) is 6.95. The van der Waals surface area contributed by atoms with E-state index in [4.69, 9.17) is 4.74 Å². The molecule has 11 heavy (non-hydrogen) atoms. The first kappa shape index (κ1) is 10.2. The van der Waals surface area contributed by atoms with Crippen LogP contribution in [0, 0.1) is 0 Å². The molecular formula is C9H16O2. The first-order valence-electron chi connectivity index (χ1n) is 3.95. The summed E-state index contributed by atoms with van der Waals surface area (Å²) in [6.07, 6.45) is 4.88. The third-order valence-electron chi connectivity index (χ3n) is 1.39. The second-order valence-electron chi connectivity index (χ2n) is 2.64. The van der Waals surface area contributed by atoms with Gasteiger partial charge in [-0.15, -0.1) is 6.58 Å². The van der Waals surface area contributed by atoms with Crippen molar-refractivity contribution < 1.29 is 9.53 Å². The number of allylic oxidation sites excluding steroid dienone is 1. The van der Waals surface area contributed by atoms with Gasteiger partial charge in [-0.1, -0.05) is 6.08 Å². The summed E-state index contributed by atoms with van der Waals surface area (Å²) in [5.74, 6) is -0.198. The zero-order valence-electron chi connectivity index (χ0n) is 7.30. The maximum absolute atomic E-state index is 10.4. The lowest BCUT2D eigenvalue weighted by molar-refractivity contribution is -0.145. The molecule has 0 aromatic heterocycles. The molecule has 0 aliphatic rings. The first-order chi connectivity index (χ1) is 5.16. The van der Waals surface area contributed by atoms with Gasteiger partial charge in [0.25, 0.3) is 0 Å². The molecule has 2 heteroatoms. The molecule has 1 unspecified atom stereocenters. The maximum atomic E-state index is 10.4. The third-order valence-corrected chi connectivity index (χ3v) is 1.39. The van der Waals surface area contributed by atoms with Crippen LogP contribution >= 0.6 is 0 Å². The van der Waals surface area contributed by atoms with Gasteiger partial charge in [0, 0.05) is 6.92 Å². The largest absolute Gasteiger partial charge is 0.463 e. The predicted molar refractivity (Wildman–Crippen MR) is 45.3 cm³/mol. The fourth-order valence-corrected chi connectivity index (χ4v) is 0.892. The molecule has 0 rings (SSSR count).